The Hall–Kier alpha value is -3.19. The largest absolute Gasteiger partial charge is 0.416 e. The van der Waals surface area contributed by atoms with E-state index in [-0.39, 0.29) is 23.1 Å². The van der Waals surface area contributed by atoms with Gasteiger partial charge in [-0.2, -0.15) is 13.2 Å². The van der Waals surface area contributed by atoms with Gasteiger partial charge in [0.1, 0.15) is 0 Å². The van der Waals surface area contributed by atoms with E-state index in [0.29, 0.717) is 26.6 Å². The third kappa shape index (κ3) is 6.74. The lowest BCUT2D eigenvalue weighted by molar-refractivity contribution is -0.137. The van der Waals surface area contributed by atoms with E-state index in [1.165, 1.54) is 35.4 Å². The molecule has 0 atom stereocenters. The Balaban J connectivity index is 1.27. The van der Waals surface area contributed by atoms with E-state index in [1.807, 2.05) is 59.2 Å². The van der Waals surface area contributed by atoms with Gasteiger partial charge in [-0.25, -0.2) is 4.98 Å². The van der Waals surface area contributed by atoms with Crippen LogP contribution < -0.4 is 5.32 Å². The van der Waals surface area contributed by atoms with Gasteiger partial charge >= 0.3 is 6.18 Å². The summed E-state index contributed by atoms with van der Waals surface area (Å²) in [7, 11) is 0. The van der Waals surface area contributed by atoms with Crippen molar-refractivity contribution in [2.24, 2.45) is 0 Å². The summed E-state index contributed by atoms with van der Waals surface area (Å²) in [5.41, 5.74) is 1.28. The Morgan fingerprint density at radius 3 is 2.52 bits per heavy atom. The number of carbonyl (C=O) groups is 1. The van der Waals surface area contributed by atoms with E-state index in [2.05, 4.69) is 36.4 Å². The summed E-state index contributed by atoms with van der Waals surface area (Å²) in [6.07, 6.45) is -2.79. The van der Waals surface area contributed by atoms with Crippen LogP contribution in [0.25, 0.3) is 17.1 Å². The molecule has 0 saturated carbocycles. The zero-order chi connectivity index (χ0) is 28.3. The molecular weight excluding hydrogens is 647 g/mol. The lowest BCUT2D eigenvalue weighted by Crippen LogP contribution is -2.14. The molecule has 13 heteroatoms. The molecular formula is C27H18BrClF3N5OS2. The van der Waals surface area contributed by atoms with Crippen molar-refractivity contribution in [3.63, 3.8) is 0 Å². The molecule has 1 amide bonds. The van der Waals surface area contributed by atoms with Crippen LogP contribution in [0.2, 0.25) is 5.02 Å². The second-order valence-electron chi connectivity index (χ2n) is 8.43. The molecule has 5 rings (SSSR count). The van der Waals surface area contributed by atoms with Gasteiger partial charge in [0.15, 0.2) is 16.1 Å². The van der Waals surface area contributed by atoms with Crippen molar-refractivity contribution in [2.45, 2.75) is 17.8 Å². The third-order valence-electron chi connectivity index (χ3n) is 5.62. The molecule has 1 N–H and O–H groups in total. The highest BCUT2D eigenvalue weighted by atomic mass is 79.9. The van der Waals surface area contributed by atoms with Crippen LogP contribution in [0.5, 0.6) is 0 Å². The number of halogens is 5. The van der Waals surface area contributed by atoms with Gasteiger partial charge in [-0.15, -0.1) is 21.5 Å². The molecule has 204 valence electrons. The number of nitrogens with one attached hydrogen (secondary N) is 1. The summed E-state index contributed by atoms with van der Waals surface area (Å²) in [4.78, 5) is 17.6. The van der Waals surface area contributed by atoms with Crippen LogP contribution in [0.1, 0.15) is 16.0 Å². The number of carbonyl (C=O) groups excluding carboxylic acids is 1. The molecule has 0 aliphatic rings. The number of para-hydroxylation sites is 1. The highest BCUT2D eigenvalue weighted by Gasteiger charge is 2.31. The molecule has 0 aliphatic carbocycles. The Bertz CT molecular complexity index is 1640. The predicted octanol–water partition coefficient (Wildman–Crippen LogP) is 8.15. The summed E-state index contributed by atoms with van der Waals surface area (Å²) >= 11 is 12.0. The standard InChI is InChI=1S/C27H18BrClF3N5OS2/c28-19-9-6-16(7-10-19)24-35-36-26(37(24)20-4-2-1-3-5-20)39-15-23(38)34-25-33-14-21(40-25)13-17-12-18(27(30,31)32)8-11-22(17)29/h1-12,14H,13,15H2,(H,33,34,38). The van der Waals surface area contributed by atoms with Gasteiger partial charge in [0.05, 0.1) is 11.3 Å². The minimum atomic E-state index is -4.46. The zero-order valence-electron chi connectivity index (χ0n) is 20.3. The highest BCUT2D eigenvalue weighted by Crippen LogP contribution is 2.34. The van der Waals surface area contributed by atoms with Crippen molar-refractivity contribution in [3.8, 4) is 17.1 Å². The first-order chi connectivity index (χ1) is 19.2. The fraction of sp³-hybridized carbons (Fsp3) is 0.111. The minimum Gasteiger partial charge on any atom is -0.301 e. The van der Waals surface area contributed by atoms with Gasteiger partial charge < -0.3 is 5.32 Å². The summed E-state index contributed by atoms with van der Waals surface area (Å²) < 4.78 is 42.1. The van der Waals surface area contributed by atoms with Crippen molar-refractivity contribution < 1.29 is 18.0 Å². The number of anilines is 1. The number of alkyl halides is 3. The number of thioether (sulfide) groups is 1. The molecule has 0 aliphatic heterocycles. The normalized spacial score (nSPS) is 11.5. The second kappa shape index (κ2) is 12.1. The quantitative estimate of drug-likeness (QED) is 0.170. The minimum absolute atomic E-state index is 0.0413. The van der Waals surface area contributed by atoms with Crippen molar-refractivity contribution in [3.05, 3.63) is 104 Å². The van der Waals surface area contributed by atoms with E-state index in [1.54, 1.807) is 0 Å². The average Bonchev–Trinajstić information content (AvgIpc) is 3.56. The van der Waals surface area contributed by atoms with Crippen molar-refractivity contribution in [2.75, 3.05) is 11.1 Å². The Kier molecular flexibility index (Phi) is 8.60. The maximum absolute atomic E-state index is 13.1. The Morgan fingerprint density at radius 1 is 1.05 bits per heavy atom. The molecule has 0 fully saturated rings. The van der Waals surface area contributed by atoms with Gasteiger partial charge in [-0.1, -0.05) is 69.6 Å². The van der Waals surface area contributed by atoms with Crippen molar-refractivity contribution >= 4 is 61.7 Å². The molecule has 2 heterocycles. The number of thiazole rings is 1. The molecule has 6 nitrogen and oxygen atoms in total. The molecule has 5 aromatic rings. The van der Waals surface area contributed by atoms with E-state index < -0.39 is 11.7 Å². The fourth-order valence-electron chi connectivity index (χ4n) is 3.77. The first-order valence-corrected chi connectivity index (χ1v) is 14.6. The zero-order valence-corrected chi connectivity index (χ0v) is 24.3. The van der Waals surface area contributed by atoms with Crippen LogP contribution in [0, 0.1) is 0 Å². The van der Waals surface area contributed by atoms with E-state index in [9.17, 15) is 18.0 Å². The lowest BCUT2D eigenvalue weighted by atomic mass is 10.1. The van der Waals surface area contributed by atoms with Crippen LogP contribution in [0.15, 0.2) is 88.6 Å². The van der Waals surface area contributed by atoms with E-state index in [0.717, 1.165) is 27.9 Å². The number of nitrogens with zero attached hydrogens (tertiary/aromatic N) is 4. The van der Waals surface area contributed by atoms with Crippen LogP contribution in [-0.2, 0) is 17.4 Å². The average molecular weight is 665 g/mol. The Morgan fingerprint density at radius 2 is 1.80 bits per heavy atom. The summed E-state index contributed by atoms with van der Waals surface area (Å²) in [6, 6.07) is 20.5. The number of aromatic nitrogens is 4. The molecule has 2 aromatic heterocycles. The van der Waals surface area contributed by atoms with Crippen molar-refractivity contribution in [1.29, 1.82) is 0 Å². The van der Waals surface area contributed by atoms with Crippen molar-refractivity contribution in [1.82, 2.24) is 19.7 Å². The molecule has 0 unspecified atom stereocenters. The summed E-state index contributed by atoms with van der Waals surface area (Å²) in [5.74, 6) is 0.370. The highest BCUT2D eigenvalue weighted by molar-refractivity contribution is 9.10. The third-order valence-corrected chi connectivity index (χ3v) is 8.36. The number of hydrogen-bond acceptors (Lipinski definition) is 6. The second-order valence-corrected chi connectivity index (χ2v) is 11.8. The monoisotopic (exact) mass is 663 g/mol. The number of benzene rings is 3. The molecule has 40 heavy (non-hydrogen) atoms. The molecule has 0 bridgehead atoms. The van der Waals surface area contributed by atoms with Gasteiger partial charge in [0.25, 0.3) is 0 Å². The number of hydrogen-bond donors (Lipinski definition) is 1. The van der Waals surface area contributed by atoms with E-state index >= 15 is 0 Å². The fourth-order valence-corrected chi connectivity index (χ4v) is 5.82. The first-order valence-electron chi connectivity index (χ1n) is 11.7. The molecule has 0 radical (unpaired) electrons. The maximum Gasteiger partial charge on any atom is 0.416 e. The van der Waals surface area contributed by atoms with Gasteiger partial charge in [0, 0.05) is 38.2 Å². The SMILES string of the molecule is O=C(CSc1nnc(-c2ccc(Br)cc2)n1-c1ccccc1)Nc1ncc(Cc2cc(C(F)(F)F)ccc2Cl)s1. The van der Waals surface area contributed by atoms with E-state index in [4.69, 9.17) is 11.6 Å². The number of rotatable bonds is 8. The molecule has 0 spiro atoms. The Labute approximate surface area is 248 Å². The smallest absolute Gasteiger partial charge is 0.301 e. The van der Waals surface area contributed by atoms with Crippen LogP contribution >= 0.6 is 50.6 Å². The number of amides is 1. The molecule has 0 saturated heterocycles. The van der Waals surface area contributed by atoms with Gasteiger partial charge in [0.2, 0.25) is 5.91 Å². The summed E-state index contributed by atoms with van der Waals surface area (Å²) in [6.45, 7) is 0. The van der Waals surface area contributed by atoms with Crippen LogP contribution in [0.3, 0.4) is 0 Å². The molecule has 3 aromatic carbocycles. The predicted molar refractivity (Wildman–Crippen MR) is 155 cm³/mol. The first kappa shape index (κ1) is 28.3. The summed E-state index contributed by atoms with van der Waals surface area (Å²) in [5, 5.41) is 12.6. The van der Waals surface area contributed by atoms with Crippen LogP contribution in [-0.4, -0.2) is 31.4 Å². The lowest BCUT2D eigenvalue weighted by Gasteiger charge is -2.10. The maximum atomic E-state index is 13.1. The topological polar surface area (TPSA) is 72.7 Å². The van der Waals surface area contributed by atoms with Crippen LogP contribution in [0.4, 0.5) is 18.3 Å². The van der Waals surface area contributed by atoms with Gasteiger partial charge in [-0.3, -0.25) is 9.36 Å². The van der Waals surface area contributed by atoms with Gasteiger partial charge in [-0.05, 0) is 48.0 Å².